The van der Waals surface area contributed by atoms with Gasteiger partial charge in [0.2, 0.25) is 5.91 Å². The molecule has 1 amide bonds. The second-order valence-electron chi connectivity index (χ2n) is 3.19. The topological polar surface area (TPSA) is 68.0 Å². The molecule has 0 aliphatic carbocycles. The summed E-state index contributed by atoms with van der Waals surface area (Å²) in [5.74, 6) is -5.04. The summed E-state index contributed by atoms with van der Waals surface area (Å²) in [5.41, 5.74) is 5.60. The van der Waals surface area contributed by atoms with Crippen molar-refractivity contribution in [2.45, 2.75) is 18.8 Å². The van der Waals surface area contributed by atoms with Crippen LogP contribution in [0, 0.1) is 0 Å². The van der Waals surface area contributed by atoms with E-state index in [-0.39, 0.29) is 11.6 Å². The van der Waals surface area contributed by atoms with Gasteiger partial charge >= 0.3 is 12.3 Å². The number of halogens is 4. The highest BCUT2D eigenvalue weighted by Crippen LogP contribution is 2.21. The van der Waals surface area contributed by atoms with Crippen LogP contribution in [-0.4, -0.2) is 29.8 Å². The summed E-state index contributed by atoms with van der Waals surface area (Å²) in [7, 11) is 0. The summed E-state index contributed by atoms with van der Waals surface area (Å²) < 4.78 is 48.4. The number of nitrogen functional groups attached to an aromatic ring is 1. The van der Waals surface area contributed by atoms with Gasteiger partial charge in [-0.25, -0.2) is 13.8 Å². The van der Waals surface area contributed by atoms with E-state index in [0.29, 0.717) is 5.69 Å². The number of rotatable bonds is 5. The average Bonchev–Trinajstić information content (AvgIpc) is 2.61. The number of nitrogens with zero attached hydrogens (tertiary/aromatic N) is 1. The van der Waals surface area contributed by atoms with E-state index < -0.39 is 24.8 Å². The summed E-state index contributed by atoms with van der Waals surface area (Å²) >= 11 is 1.09. The normalized spacial score (nSPS) is 11.8. The number of nitrogens with two attached hydrogens (primary N) is 1. The number of anilines is 1. The van der Waals surface area contributed by atoms with Crippen molar-refractivity contribution in [2.24, 2.45) is 0 Å². The van der Waals surface area contributed by atoms with Gasteiger partial charge in [0.15, 0.2) is 5.13 Å². The number of alkyl halides is 4. The van der Waals surface area contributed by atoms with Crippen molar-refractivity contribution >= 4 is 22.4 Å². The van der Waals surface area contributed by atoms with Gasteiger partial charge in [-0.2, -0.15) is 8.78 Å². The van der Waals surface area contributed by atoms with E-state index >= 15 is 0 Å². The lowest BCUT2D eigenvalue weighted by Gasteiger charge is -2.15. The average molecular weight is 271 g/mol. The Hall–Kier alpha value is -1.38. The molecule has 0 bridgehead atoms. The van der Waals surface area contributed by atoms with Crippen molar-refractivity contribution in [2.75, 3.05) is 12.3 Å². The zero-order valence-corrected chi connectivity index (χ0v) is 9.24. The fraction of sp³-hybridized carbons (Fsp3) is 0.500. The number of hydrogen-bond acceptors (Lipinski definition) is 4. The standard InChI is InChI=1S/C8H9F4N3OS/c9-6(10)8(11,12)3-14-5(16)1-4-2-17-7(13)15-4/h2,6H,1,3H2,(H2,13,15)(H,14,16). The monoisotopic (exact) mass is 271 g/mol. The van der Waals surface area contributed by atoms with Crippen LogP contribution < -0.4 is 11.1 Å². The SMILES string of the molecule is Nc1nc(CC(=O)NCC(F)(F)C(F)F)cs1. The number of nitrogens with one attached hydrogen (secondary N) is 1. The lowest BCUT2D eigenvalue weighted by atomic mass is 10.3. The molecule has 4 nitrogen and oxygen atoms in total. The van der Waals surface area contributed by atoms with E-state index in [1.807, 2.05) is 0 Å². The third-order valence-corrected chi connectivity index (χ3v) is 2.47. The van der Waals surface area contributed by atoms with Crippen LogP contribution in [-0.2, 0) is 11.2 Å². The Morgan fingerprint density at radius 3 is 2.71 bits per heavy atom. The summed E-state index contributed by atoms with van der Waals surface area (Å²) in [5, 5.41) is 3.44. The second kappa shape index (κ2) is 5.30. The quantitative estimate of drug-likeness (QED) is 0.793. The van der Waals surface area contributed by atoms with Crippen molar-refractivity contribution in [3.63, 3.8) is 0 Å². The first-order chi connectivity index (χ1) is 7.81. The predicted molar refractivity (Wildman–Crippen MR) is 54.2 cm³/mol. The van der Waals surface area contributed by atoms with Crippen molar-refractivity contribution in [3.8, 4) is 0 Å². The highest BCUT2D eigenvalue weighted by atomic mass is 32.1. The first-order valence-electron chi connectivity index (χ1n) is 4.44. The Bertz CT molecular complexity index is 396. The van der Waals surface area contributed by atoms with E-state index in [1.165, 1.54) is 5.38 Å². The number of amides is 1. The van der Waals surface area contributed by atoms with Crippen LogP contribution in [0.2, 0.25) is 0 Å². The Morgan fingerprint density at radius 1 is 1.59 bits per heavy atom. The van der Waals surface area contributed by atoms with Crippen LogP contribution in [0.1, 0.15) is 5.69 Å². The first kappa shape index (κ1) is 13.7. The van der Waals surface area contributed by atoms with Crippen LogP contribution in [0.15, 0.2) is 5.38 Å². The molecule has 1 rings (SSSR count). The zero-order valence-electron chi connectivity index (χ0n) is 8.42. The maximum absolute atomic E-state index is 12.5. The van der Waals surface area contributed by atoms with Crippen molar-refractivity contribution < 1.29 is 22.4 Å². The molecule has 1 aromatic rings. The van der Waals surface area contributed by atoms with Gasteiger partial charge in [0.05, 0.1) is 18.7 Å². The molecule has 0 aliphatic heterocycles. The Labute approximate surface area is 97.8 Å². The van der Waals surface area contributed by atoms with Crippen molar-refractivity contribution in [1.29, 1.82) is 0 Å². The summed E-state index contributed by atoms with van der Waals surface area (Å²) in [4.78, 5) is 14.9. The minimum absolute atomic E-state index is 0.241. The molecule has 0 unspecified atom stereocenters. The molecular weight excluding hydrogens is 262 g/mol. The maximum atomic E-state index is 12.5. The zero-order chi connectivity index (χ0) is 13.1. The smallest absolute Gasteiger partial charge is 0.324 e. The van der Waals surface area contributed by atoms with E-state index in [4.69, 9.17) is 5.73 Å². The molecule has 9 heteroatoms. The molecule has 0 aliphatic rings. The van der Waals surface area contributed by atoms with Crippen LogP contribution >= 0.6 is 11.3 Å². The molecule has 96 valence electrons. The number of aromatic nitrogens is 1. The highest BCUT2D eigenvalue weighted by molar-refractivity contribution is 7.13. The number of thiazole rings is 1. The van der Waals surface area contributed by atoms with Gasteiger partial charge in [-0.15, -0.1) is 11.3 Å². The molecule has 0 spiro atoms. The van der Waals surface area contributed by atoms with Gasteiger partial charge in [-0.3, -0.25) is 4.79 Å². The minimum atomic E-state index is -4.23. The fourth-order valence-corrected chi connectivity index (χ4v) is 1.49. The molecule has 0 saturated heterocycles. The van der Waals surface area contributed by atoms with Gasteiger partial charge < -0.3 is 11.1 Å². The Balaban J connectivity index is 2.41. The maximum Gasteiger partial charge on any atom is 0.324 e. The van der Waals surface area contributed by atoms with Crippen LogP contribution in [0.4, 0.5) is 22.7 Å². The van der Waals surface area contributed by atoms with Crippen molar-refractivity contribution in [3.05, 3.63) is 11.1 Å². The molecule has 0 fully saturated rings. The highest BCUT2D eigenvalue weighted by Gasteiger charge is 2.40. The molecule has 0 aromatic carbocycles. The minimum Gasteiger partial charge on any atom is -0.375 e. The Kier molecular flexibility index (Phi) is 4.27. The summed E-state index contributed by atoms with van der Waals surface area (Å²) in [6, 6.07) is 0. The lowest BCUT2D eigenvalue weighted by molar-refractivity contribution is -0.136. The van der Waals surface area contributed by atoms with Crippen LogP contribution in [0.25, 0.3) is 0 Å². The summed E-state index contributed by atoms with van der Waals surface area (Å²) in [6.07, 6.45) is -4.08. The molecule has 1 heterocycles. The molecule has 0 radical (unpaired) electrons. The van der Waals surface area contributed by atoms with Gasteiger partial charge in [-0.1, -0.05) is 0 Å². The fourth-order valence-electron chi connectivity index (χ4n) is 0.924. The molecule has 17 heavy (non-hydrogen) atoms. The molecule has 0 saturated carbocycles. The van der Waals surface area contributed by atoms with E-state index in [1.54, 1.807) is 5.32 Å². The number of hydrogen-bond donors (Lipinski definition) is 2. The van der Waals surface area contributed by atoms with Crippen LogP contribution in [0.5, 0.6) is 0 Å². The van der Waals surface area contributed by atoms with Gasteiger partial charge in [0.1, 0.15) is 0 Å². The van der Waals surface area contributed by atoms with Crippen LogP contribution in [0.3, 0.4) is 0 Å². The third-order valence-electron chi connectivity index (χ3n) is 1.75. The summed E-state index contributed by atoms with van der Waals surface area (Å²) in [6.45, 7) is -1.40. The Morgan fingerprint density at radius 2 is 2.24 bits per heavy atom. The first-order valence-corrected chi connectivity index (χ1v) is 5.32. The number of carbonyl (C=O) groups excluding carboxylic acids is 1. The molecular formula is C8H9F4N3OS. The van der Waals surface area contributed by atoms with E-state index in [0.717, 1.165) is 11.3 Å². The molecule has 1 aromatic heterocycles. The molecule has 0 atom stereocenters. The van der Waals surface area contributed by atoms with Crippen molar-refractivity contribution in [1.82, 2.24) is 10.3 Å². The largest absolute Gasteiger partial charge is 0.375 e. The lowest BCUT2D eigenvalue weighted by Crippen LogP contribution is -2.41. The third kappa shape index (κ3) is 4.17. The van der Waals surface area contributed by atoms with Gasteiger partial charge in [0, 0.05) is 5.38 Å². The predicted octanol–water partition coefficient (Wildman–Crippen LogP) is 1.28. The molecule has 3 N–H and O–H groups in total. The van der Waals surface area contributed by atoms with Gasteiger partial charge in [-0.05, 0) is 0 Å². The van der Waals surface area contributed by atoms with E-state index in [2.05, 4.69) is 4.98 Å². The van der Waals surface area contributed by atoms with E-state index in [9.17, 15) is 22.4 Å². The number of carbonyl (C=O) groups is 1. The van der Waals surface area contributed by atoms with Gasteiger partial charge in [0.25, 0.3) is 0 Å². The second-order valence-corrected chi connectivity index (χ2v) is 4.08.